The highest BCUT2D eigenvalue weighted by molar-refractivity contribution is 4.93. The maximum atomic E-state index is 6.36. The van der Waals surface area contributed by atoms with Crippen LogP contribution in [-0.4, -0.2) is 30.5 Å². The predicted octanol–water partition coefficient (Wildman–Crippen LogP) is 3.55. The van der Waals surface area contributed by atoms with Crippen molar-refractivity contribution in [2.75, 3.05) is 13.2 Å². The van der Waals surface area contributed by atoms with Crippen LogP contribution in [0.2, 0.25) is 0 Å². The molecule has 0 aromatic rings. The van der Waals surface area contributed by atoms with E-state index in [-0.39, 0.29) is 11.2 Å². The van der Waals surface area contributed by atoms with Crippen LogP contribution in [0.3, 0.4) is 0 Å². The van der Waals surface area contributed by atoms with E-state index in [0.29, 0.717) is 12.6 Å². The molecule has 1 spiro atoms. The summed E-state index contributed by atoms with van der Waals surface area (Å²) in [7, 11) is 0. The fourth-order valence-corrected chi connectivity index (χ4v) is 4.45. The highest BCUT2D eigenvalue weighted by Gasteiger charge is 2.43. The van der Waals surface area contributed by atoms with E-state index in [9.17, 15) is 0 Å². The van der Waals surface area contributed by atoms with Gasteiger partial charge in [-0.1, -0.05) is 38.5 Å². The maximum absolute atomic E-state index is 6.36. The van der Waals surface area contributed by atoms with E-state index < -0.39 is 0 Å². The molecule has 1 atom stereocenters. The van der Waals surface area contributed by atoms with Crippen LogP contribution in [0.5, 0.6) is 0 Å². The third-order valence-electron chi connectivity index (χ3n) is 5.82. The molecule has 1 aliphatic heterocycles. The van der Waals surface area contributed by atoms with Crippen molar-refractivity contribution < 1.29 is 9.47 Å². The smallest absolute Gasteiger partial charge is 0.0817 e. The molecule has 3 fully saturated rings. The summed E-state index contributed by atoms with van der Waals surface area (Å²) in [6.07, 6.45) is 15.5. The van der Waals surface area contributed by atoms with Gasteiger partial charge in [-0.3, -0.25) is 0 Å². The lowest BCUT2D eigenvalue weighted by atomic mass is 9.94. The van der Waals surface area contributed by atoms with Crippen molar-refractivity contribution >= 4 is 0 Å². The van der Waals surface area contributed by atoms with E-state index in [4.69, 9.17) is 15.2 Å². The Balaban J connectivity index is 1.50. The summed E-state index contributed by atoms with van der Waals surface area (Å²) < 4.78 is 12.7. The molecular formula is C17H31NO2. The summed E-state index contributed by atoms with van der Waals surface area (Å²) in [5.41, 5.74) is 6.22. The number of nitrogens with two attached hydrogens (primary N) is 1. The first-order valence-corrected chi connectivity index (χ1v) is 8.78. The average Bonchev–Trinajstić information content (AvgIpc) is 3.03. The summed E-state index contributed by atoms with van der Waals surface area (Å²) in [6.45, 7) is 1.43. The summed E-state index contributed by atoms with van der Waals surface area (Å²) in [6, 6.07) is 0. The molecule has 2 aliphatic carbocycles. The van der Waals surface area contributed by atoms with Gasteiger partial charge in [-0.05, 0) is 38.5 Å². The molecule has 2 N–H and O–H groups in total. The van der Waals surface area contributed by atoms with Gasteiger partial charge in [0.05, 0.1) is 23.9 Å². The van der Waals surface area contributed by atoms with Crippen LogP contribution in [0, 0.1) is 0 Å². The quantitative estimate of drug-likeness (QED) is 0.802. The summed E-state index contributed by atoms with van der Waals surface area (Å²) >= 11 is 0. The normalized spacial score (nSPS) is 32.5. The van der Waals surface area contributed by atoms with Gasteiger partial charge in [-0.15, -0.1) is 0 Å². The molecule has 20 heavy (non-hydrogen) atoms. The van der Waals surface area contributed by atoms with Crippen molar-refractivity contribution in [2.24, 2.45) is 5.73 Å². The third kappa shape index (κ3) is 3.20. The van der Waals surface area contributed by atoms with Crippen molar-refractivity contribution in [2.45, 2.75) is 94.4 Å². The van der Waals surface area contributed by atoms with E-state index >= 15 is 0 Å². The minimum atomic E-state index is -0.0503. The molecule has 3 heteroatoms. The highest BCUT2D eigenvalue weighted by atomic mass is 16.6. The molecule has 0 aromatic carbocycles. The van der Waals surface area contributed by atoms with Gasteiger partial charge in [-0.25, -0.2) is 0 Å². The van der Waals surface area contributed by atoms with E-state index in [2.05, 4.69) is 0 Å². The first-order valence-electron chi connectivity index (χ1n) is 8.78. The lowest BCUT2D eigenvalue weighted by Gasteiger charge is -2.33. The Morgan fingerprint density at radius 3 is 2.20 bits per heavy atom. The zero-order valence-electron chi connectivity index (χ0n) is 12.9. The van der Waals surface area contributed by atoms with Crippen molar-refractivity contribution in [3.05, 3.63) is 0 Å². The molecule has 0 radical (unpaired) electrons. The summed E-state index contributed by atoms with van der Waals surface area (Å²) in [5, 5.41) is 0. The number of hydrogen-bond donors (Lipinski definition) is 1. The monoisotopic (exact) mass is 281 g/mol. The molecule has 116 valence electrons. The average molecular weight is 281 g/mol. The lowest BCUT2D eigenvalue weighted by molar-refractivity contribution is -0.116. The second kappa shape index (κ2) is 6.33. The van der Waals surface area contributed by atoms with E-state index in [1.165, 1.54) is 64.2 Å². The van der Waals surface area contributed by atoms with E-state index in [0.717, 1.165) is 19.4 Å². The lowest BCUT2D eigenvalue weighted by Crippen LogP contribution is -2.42. The van der Waals surface area contributed by atoms with Crippen molar-refractivity contribution in [3.63, 3.8) is 0 Å². The Kier molecular flexibility index (Phi) is 4.68. The summed E-state index contributed by atoms with van der Waals surface area (Å²) in [4.78, 5) is 0. The first kappa shape index (κ1) is 14.8. The number of hydrogen-bond acceptors (Lipinski definition) is 3. The standard InChI is InChI=1S/C17H31NO2/c18-14-17(10-3-1-2-4-11-17)19-13-15-7-12-16(20-15)8-5-6-9-16/h15H,1-14,18H2. The van der Waals surface area contributed by atoms with Crippen molar-refractivity contribution in [3.8, 4) is 0 Å². The van der Waals surface area contributed by atoms with E-state index in [1.807, 2.05) is 0 Å². The fourth-order valence-electron chi connectivity index (χ4n) is 4.45. The molecule has 0 aromatic heterocycles. The molecule has 3 nitrogen and oxygen atoms in total. The first-order chi connectivity index (χ1) is 9.76. The number of ether oxygens (including phenoxy) is 2. The molecule has 0 bridgehead atoms. The zero-order chi connectivity index (χ0) is 13.9. The highest BCUT2D eigenvalue weighted by Crippen LogP contribution is 2.43. The second-order valence-corrected chi connectivity index (χ2v) is 7.28. The van der Waals surface area contributed by atoms with Gasteiger partial charge in [0, 0.05) is 6.54 Å². The van der Waals surface area contributed by atoms with Gasteiger partial charge in [0.15, 0.2) is 0 Å². The Hall–Kier alpha value is -0.120. The fraction of sp³-hybridized carbons (Fsp3) is 1.00. The van der Waals surface area contributed by atoms with Gasteiger partial charge < -0.3 is 15.2 Å². The van der Waals surface area contributed by atoms with Crippen LogP contribution in [0.1, 0.15) is 77.0 Å². The predicted molar refractivity (Wildman–Crippen MR) is 80.7 cm³/mol. The van der Waals surface area contributed by atoms with Crippen molar-refractivity contribution in [1.82, 2.24) is 0 Å². The molecule has 3 rings (SSSR count). The Labute approximate surface area is 123 Å². The summed E-state index contributed by atoms with van der Waals surface area (Å²) in [5.74, 6) is 0. The molecule has 1 unspecified atom stereocenters. The van der Waals surface area contributed by atoms with Gasteiger partial charge in [-0.2, -0.15) is 0 Å². The molecule has 0 amide bonds. The molecule has 1 saturated heterocycles. The van der Waals surface area contributed by atoms with Crippen LogP contribution in [-0.2, 0) is 9.47 Å². The van der Waals surface area contributed by atoms with Crippen molar-refractivity contribution in [1.29, 1.82) is 0 Å². The minimum absolute atomic E-state index is 0.0503. The van der Waals surface area contributed by atoms with Crippen LogP contribution in [0.4, 0.5) is 0 Å². The number of rotatable bonds is 4. The maximum Gasteiger partial charge on any atom is 0.0817 e. The Bertz CT molecular complexity index is 304. The molecule has 1 heterocycles. The van der Waals surface area contributed by atoms with Gasteiger partial charge in [0.25, 0.3) is 0 Å². The Morgan fingerprint density at radius 2 is 1.55 bits per heavy atom. The topological polar surface area (TPSA) is 44.5 Å². The van der Waals surface area contributed by atoms with Gasteiger partial charge in [0.1, 0.15) is 0 Å². The largest absolute Gasteiger partial charge is 0.371 e. The Morgan fingerprint density at radius 1 is 0.900 bits per heavy atom. The molecular weight excluding hydrogens is 250 g/mol. The molecule has 2 saturated carbocycles. The van der Waals surface area contributed by atoms with E-state index in [1.54, 1.807) is 0 Å². The second-order valence-electron chi connectivity index (χ2n) is 7.28. The minimum Gasteiger partial charge on any atom is -0.371 e. The van der Waals surface area contributed by atoms with Crippen LogP contribution >= 0.6 is 0 Å². The van der Waals surface area contributed by atoms with Gasteiger partial charge in [0.2, 0.25) is 0 Å². The van der Waals surface area contributed by atoms with Crippen LogP contribution < -0.4 is 5.73 Å². The molecule has 3 aliphatic rings. The van der Waals surface area contributed by atoms with Crippen LogP contribution in [0.15, 0.2) is 0 Å². The zero-order valence-corrected chi connectivity index (χ0v) is 12.9. The van der Waals surface area contributed by atoms with Crippen LogP contribution in [0.25, 0.3) is 0 Å². The third-order valence-corrected chi connectivity index (χ3v) is 5.82. The SMILES string of the molecule is NCC1(OCC2CCC3(CCCC3)O2)CCCCCC1. The van der Waals surface area contributed by atoms with Gasteiger partial charge >= 0.3 is 0 Å².